The van der Waals surface area contributed by atoms with Gasteiger partial charge in [0.15, 0.2) is 5.78 Å². The van der Waals surface area contributed by atoms with Gasteiger partial charge in [-0.2, -0.15) is 0 Å². The van der Waals surface area contributed by atoms with E-state index in [1.807, 2.05) is 13.8 Å². The van der Waals surface area contributed by atoms with E-state index >= 15 is 0 Å². The van der Waals surface area contributed by atoms with E-state index in [0.29, 0.717) is 16.1 Å². The highest BCUT2D eigenvalue weighted by atomic mass is 35.5. The van der Waals surface area contributed by atoms with Crippen LogP contribution in [0.1, 0.15) is 26.4 Å². The summed E-state index contributed by atoms with van der Waals surface area (Å²) in [5.74, 6) is -0.0382. The Kier molecular flexibility index (Phi) is 4.34. The van der Waals surface area contributed by atoms with E-state index in [4.69, 9.17) is 23.8 Å². The van der Waals surface area contributed by atoms with Gasteiger partial charge in [0, 0.05) is 15.5 Å². The van der Waals surface area contributed by atoms with Gasteiger partial charge in [0.2, 0.25) is 0 Å². The topological polar surface area (TPSA) is 29.1 Å². The molecule has 0 bridgehead atoms. The lowest BCUT2D eigenvalue weighted by Crippen LogP contribution is -2.05. The minimum absolute atomic E-state index is 0.0382. The largest absolute Gasteiger partial charge is 0.344 e. The average Bonchev–Trinajstić information content (AvgIpc) is 2.65. The fourth-order valence-corrected chi connectivity index (χ4v) is 3.24. The number of hydrogen-bond acceptors (Lipinski definition) is 3. The molecule has 2 nitrogen and oxygen atoms in total. The molecule has 0 aliphatic heterocycles. The van der Waals surface area contributed by atoms with Crippen LogP contribution in [0.4, 0.5) is 5.00 Å². The zero-order valence-corrected chi connectivity index (χ0v) is 12.9. The van der Waals surface area contributed by atoms with Crippen molar-refractivity contribution in [3.63, 3.8) is 0 Å². The Bertz CT molecular complexity index is 649. The standard InChI is InChI=1S/C14H12ClNOS2/c1-8-9(2)19-14(16-7-18)12(8)13(17)10-4-3-5-11(15)6-10/h3-7H,1-2H3,(H,16,18). The van der Waals surface area contributed by atoms with Crippen LogP contribution in [0.25, 0.3) is 0 Å². The van der Waals surface area contributed by atoms with Crippen LogP contribution in [-0.4, -0.2) is 11.3 Å². The van der Waals surface area contributed by atoms with Gasteiger partial charge in [-0.1, -0.05) is 36.0 Å². The Labute approximate surface area is 126 Å². The van der Waals surface area contributed by atoms with Gasteiger partial charge in [0.1, 0.15) is 5.00 Å². The molecule has 19 heavy (non-hydrogen) atoms. The van der Waals surface area contributed by atoms with E-state index in [0.717, 1.165) is 15.4 Å². The first kappa shape index (κ1) is 14.2. The monoisotopic (exact) mass is 309 g/mol. The molecule has 2 aromatic rings. The Balaban J connectivity index is 2.52. The predicted octanol–water partition coefficient (Wildman–Crippen LogP) is 4.62. The van der Waals surface area contributed by atoms with Crippen molar-refractivity contribution >= 4 is 51.4 Å². The van der Waals surface area contributed by atoms with Crippen molar-refractivity contribution in [2.75, 3.05) is 5.32 Å². The number of hydrogen-bond donors (Lipinski definition) is 1. The van der Waals surface area contributed by atoms with Crippen molar-refractivity contribution in [1.82, 2.24) is 0 Å². The summed E-state index contributed by atoms with van der Waals surface area (Å²) >= 11 is 12.3. The average molecular weight is 310 g/mol. The third kappa shape index (κ3) is 2.86. The Morgan fingerprint density at radius 1 is 1.42 bits per heavy atom. The third-order valence-electron chi connectivity index (χ3n) is 2.89. The van der Waals surface area contributed by atoms with Gasteiger partial charge in [0.05, 0.1) is 11.1 Å². The molecule has 1 heterocycles. The summed E-state index contributed by atoms with van der Waals surface area (Å²) in [5, 5.41) is 4.30. The summed E-state index contributed by atoms with van der Waals surface area (Å²) in [4.78, 5) is 13.7. The number of thiocarbonyl (C=S) groups is 1. The molecule has 98 valence electrons. The molecule has 2 rings (SSSR count). The van der Waals surface area contributed by atoms with E-state index in [9.17, 15) is 4.79 Å². The summed E-state index contributed by atoms with van der Waals surface area (Å²) in [6, 6.07) is 6.97. The number of carbonyl (C=O) groups is 1. The van der Waals surface area contributed by atoms with Crippen LogP contribution in [0.2, 0.25) is 5.02 Å². The lowest BCUT2D eigenvalue weighted by molar-refractivity contribution is 0.103. The first-order chi connectivity index (χ1) is 9.04. The summed E-state index contributed by atoms with van der Waals surface area (Å²) in [5.41, 5.74) is 3.65. The number of halogens is 1. The van der Waals surface area contributed by atoms with Gasteiger partial charge in [-0.05, 0) is 31.5 Å². The molecule has 0 saturated heterocycles. The fourth-order valence-electron chi connectivity index (χ4n) is 1.83. The van der Waals surface area contributed by atoms with Crippen molar-refractivity contribution < 1.29 is 4.79 Å². The van der Waals surface area contributed by atoms with Gasteiger partial charge in [-0.15, -0.1) is 11.3 Å². The Morgan fingerprint density at radius 3 is 2.79 bits per heavy atom. The maximum Gasteiger partial charge on any atom is 0.196 e. The van der Waals surface area contributed by atoms with Crippen LogP contribution in [0.3, 0.4) is 0 Å². The second kappa shape index (κ2) is 5.82. The van der Waals surface area contributed by atoms with Crippen molar-refractivity contribution in [2.45, 2.75) is 13.8 Å². The normalized spacial score (nSPS) is 10.3. The molecule has 1 aromatic heterocycles. The number of carbonyl (C=O) groups excluding carboxylic acids is 1. The zero-order chi connectivity index (χ0) is 14.0. The van der Waals surface area contributed by atoms with E-state index in [-0.39, 0.29) is 5.78 Å². The van der Waals surface area contributed by atoms with Crippen molar-refractivity contribution in [3.8, 4) is 0 Å². The zero-order valence-electron chi connectivity index (χ0n) is 10.5. The number of thiophene rings is 1. The molecule has 0 atom stereocenters. The molecular formula is C14H12ClNOS2. The quantitative estimate of drug-likeness (QED) is 0.660. The molecule has 1 aromatic carbocycles. The van der Waals surface area contributed by atoms with Crippen LogP contribution >= 0.6 is 35.2 Å². The number of nitrogens with one attached hydrogen (secondary N) is 1. The smallest absolute Gasteiger partial charge is 0.196 e. The van der Waals surface area contributed by atoms with Crippen molar-refractivity contribution in [2.24, 2.45) is 0 Å². The molecule has 0 fully saturated rings. The van der Waals surface area contributed by atoms with Gasteiger partial charge >= 0.3 is 0 Å². The first-order valence-corrected chi connectivity index (χ1v) is 7.31. The molecule has 0 saturated carbocycles. The molecule has 0 amide bonds. The SMILES string of the molecule is Cc1sc(NC=S)c(C(=O)c2cccc(Cl)c2)c1C. The maximum atomic E-state index is 12.6. The first-order valence-electron chi connectivity index (χ1n) is 5.65. The second-order valence-electron chi connectivity index (χ2n) is 4.09. The molecule has 5 heteroatoms. The van der Waals surface area contributed by atoms with E-state index in [1.54, 1.807) is 24.3 Å². The summed E-state index contributed by atoms with van der Waals surface area (Å²) in [6.07, 6.45) is 0. The predicted molar refractivity (Wildman–Crippen MR) is 86.0 cm³/mol. The Hall–Kier alpha value is -1.23. The molecule has 0 aliphatic carbocycles. The highest BCUT2D eigenvalue weighted by Gasteiger charge is 2.20. The lowest BCUT2D eigenvalue weighted by atomic mass is 10.0. The van der Waals surface area contributed by atoms with E-state index in [2.05, 4.69) is 5.32 Å². The molecule has 0 unspecified atom stereocenters. The lowest BCUT2D eigenvalue weighted by Gasteiger charge is -2.05. The number of rotatable bonds is 4. The van der Waals surface area contributed by atoms with E-state index in [1.165, 1.54) is 16.8 Å². The summed E-state index contributed by atoms with van der Waals surface area (Å²) < 4.78 is 0. The molecule has 0 radical (unpaired) electrons. The molecule has 0 spiro atoms. The summed E-state index contributed by atoms with van der Waals surface area (Å²) in [6.45, 7) is 3.93. The molecule has 1 N–H and O–H groups in total. The molecular weight excluding hydrogens is 298 g/mol. The highest BCUT2D eigenvalue weighted by molar-refractivity contribution is 7.79. The van der Waals surface area contributed by atoms with Crippen LogP contribution in [0.5, 0.6) is 0 Å². The Morgan fingerprint density at radius 2 is 2.16 bits per heavy atom. The van der Waals surface area contributed by atoms with Crippen molar-refractivity contribution in [1.29, 1.82) is 0 Å². The second-order valence-corrected chi connectivity index (χ2v) is 5.99. The summed E-state index contributed by atoms with van der Waals surface area (Å²) in [7, 11) is 0. The number of aryl methyl sites for hydroxylation is 1. The van der Waals surface area contributed by atoms with Gasteiger partial charge in [-0.3, -0.25) is 4.79 Å². The molecule has 0 aliphatic rings. The van der Waals surface area contributed by atoms with Crippen LogP contribution in [0.15, 0.2) is 24.3 Å². The van der Waals surface area contributed by atoms with Gasteiger partial charge in [-0.25, -0.2) is 0 Å². The maximum absolute atomic E-state index is 12.6. The van der Waals surface area contributed by atoms with Crippen LogP contribution in [0, 0.1) is 13.8 Å². The van der Waals surface area contributed by atoms with Gasteiger partial charge in [0.25, 0.3) is 0 Å². The minimum Gasteiger partial charge on any atom is -0.344 e. The number of benzene rings is 1. The fraction of sp³-hybridized carbons (Fsp3) is 0.143. The minimum atomic E-state index is -0.0382. The van der Waals surface area contributed by atoms with Gasteiger partial charge < -0.3 is 5.32 Å². The van der Waals surface area contributed by atoms with Crippen molar-refractivity contribution in [3.05, 3.63) is 50.9 Å². The number of anilines is 1. The van der Waals surface area contributed by atoms with Crippen LogP contribution in [-0.2, 0) is 0 Å². The third-order valence-corrected chi connectivity index (χ3v) is 4.38. The van der Waals surface area contributed by atoms with E-state index < -0.39 is 0 Å². The highest BCUT2D eigenvalue weighted by Crippen LogP contribution is 2.34. The number of ketones is 1. The van der Waals surface area contributed by atoms with Crippen LogP contribution < -0.4 is 5.32 Å².